The van der Waals surface area contributed by atoms with Crippen molar-refractivity contribution < 1.29 is 13.2 Å². The summed E-state index contributed by atoms with van der Waals surface area (Å²) in [6.45, 7) is 5.87. The molecule has 1 unspecified atom stereocenters. The first kappa shape index (κ1) is 14.8. The molecule has 1 saturated heterocycles. The fraction of sp³-hybridized carbons (Fsp3) is 0.727. The molecule has 1 aromatic heterocycles. The average molecular weight is 301 g/mol. The first-order valence-electron chi connectivity index (χ1n) is 6.42. The van der Waals surface area contributed by atoms with Gasteiger partial charge in [0.15, 0.2) is 9.84 Å². The van der Waals surface area contributed by atoms with Gasteiger partial charge in [-0.1, -0.05) is 0 Å². The number of ether oxygens (including phenoxy) is 1. The third kappa shape index (κ3) is 3.47. The van der Waals surface area contributed by atoms with E-state index in [1.807, 2.05) is 25.7 Å². The summed E-state index contributed by atoms with van der Waals surface area (Å²) < 4.78 is 28.6. The van der Waals surface area contributed by atoms with Gasteiger partial charge >= 0.3 is 6.01 Å². The molecule has 0 aliphatic carbocycles. The second-order valence-corrected chi connectivity index (χ2v) is 7.33. The average Bonchev–Trinajstić information content (AvgIpc) is 2.25. The summed E-state index contributed by atoms with van der Waals surface area (Å²) in [5.41, 5.74) is 5.65. The van der Waals surface area contributed by atoms with Crippen LogP contribution in [0.25, 0.3) is 0 Å². The van der Waals surface area contributed by atoms with Crippen molar-refractivity contribution in [2.45, 2.75) is 32.9 Å². The quantitative estimate of drug-likeness (QED) is 0.821. The summed E-state index contributed by atoms with van der Waals surface area (Å²) >= 11 is 0. The van der Waals surface area contributed by atoms with Crippen molar-refractivity contribution >= 4 is 21.7 Å². The Balaban J connectivity index is 2.26. The maximum atomic E-state index is 11.6. The number of sulfone groups is 1. The predicted octanol–water partition coefficient (Wildman–Crippen LogP) is -0.136. The van der Waals surface area contributed by atoms with Crippen LogP contribution in [0.1, 0.15) is 20.8 Å². The number of rotatable bonds is 3. The van der Waals surface area contributed by atoms with E-state index in [4.69, 9.17) is 10.5 Å². The molecule has 2 N–H and O–H groups in total. The van der Waals surface area contributed by atoms with E-state index < -0.39 is 9.84 Å². The molecule has 0 aromatic carbocycles. The van der Waals surface area contributed by atoms with E-state index in [0.29, 0.717) is 12.5 Å². The standard InChI is InChI=1S/C11H19N5O3S/c1-7(2)19-11-14-9(12)13-10(15-11)16-4-5-20(17,18)6-8(16)3/h7-8H,4-6H2,1-3H3,(H2,12,13,14,15). The molecule has 1 aromatic rings. The van der Waals surface area contributed by atoms with Crippen LogP contribution in [0.5, 0.6) is 6.01 Å². The summed E-state index contributed by atoms with van der Waals surface area (Å²) in [6, 6.07) is -0.0504. The number of anilines is 2. The van der Waals surface area contributed by atoms with E-state index in [1.54, 1.807) is 0 Å². The molecule has 8 nitrogen and oxygen atoms in total. The number of hydrogen-bond acceptors (Lipinski definition) is 8. The highest BCUT2D eigenvalue weighted by Crippen LogP contribution is 2.20. The fourth-order valence-electron chi connectivity index (χ4n) is 2.05. The van der Waals surface area contributed by atoms with Crippen LogP contribution < -0.4 is 15.4 Å². The molecule has 1 aliphatic rings. The van der Waals surface area contributed by atoms with Gasteiger partial charge in [0.05, 0.1) is 17.6 Å². The molecular weight excluding hydrogens is 282 g/mol. The lowest BCUT2D eigenvalue weighted by Gasteiger charge is -2.33. The summed E-state index contributed by atoms with van der Waals surface area (Å²) in [4.78, 5) is 14.0. The molecular formula is C11H19N5O3S. The van der Waals surface area contributed by atoms with Gasteiger partial charge in [0.2, 0.25) is 11.9 Å². The van der Waals surface area contributed by atoms with Crippen LogP contribution in [-0.2, 0) is 9.84 Å². The van der Waals surface area contributed by atoms with Gasteiger partial charge in [0.25, 0.3) is 0 Å². The van der Waals surface area contributed by atoms with Gasteiger partial charge in [-0.2, -0.15) is 15.0 Å². The summed E-state index contributed by atoms with van der Waals surface area (Å²) in [7, 11) is -2.99. The minimum absolute atomic E-state index is 0.0614. The summed E-state index contributed by atoms with van der Waals surface area (Å²) in [6.07, 6.45) is -0.0798. The Morgan fingerprint density at radius 1 is 1.35 bits per heavy atom. The number of nitrogens with zero attached hydrogens (tertiary/aromatic N) is 4. The molecule has 1 atom stereocenters. The molecule has 0 saturated carbocycles. The van der Waals surface area contributed by atoms with Crippen molar-refractivity contribution in [1.82, 2.24) is 15.0 Å². The Bertz CT molecular complexity index is 590. The second kappa shape index (κ2) is 5.39. The van der Waals surface area contributed by atoms with Gasteiger partial charge in [-0.3, -0.25) is 0 Å². The normalized spacial score (nSPS) is 22.0. The van der Waals surface area contributed by atoms with E-state index in [-0.39, 0.29) is 35.6 Å². The highest BCUT2D eigenvalue weighted by Gasteiger charge is 2.30. The number of aromatic nitrogens is 3. The third-order valence-corrected chi connectivity index (χ3v) is 4.68. The Labute approximate surface area is 118 Å². The minimum atomic E-state index is -2.99. The van der Waals surface area contributed by atoms with Gasteiger partial charge in [0, 0.05) is 12.6 Å². The SMILES string of the molecule is CC(C)Oc1nc(N)nc(N2CCS(=O)(=O)CC2C)n1. The van der Waals surface area contributed by atoms with Crippen LogP contribution in [0, 0.1) is 0 Å². The minimum Gasteiger partial charge on any atom is -0.461 e. The zero-order chi connectivity index (χ0) is 14.9. The van der Waals surface area contributed by atoms with E-state index in [0.717, 1.165) is 0 Å². The zero-order valence-corrected chi connectivity index (χ0v) is 12.6. The van der Waals surface area contributed by atoms with E-state index in [2.05, 4.69) is 15.0 Å². The molecule has 0 amide bonds. The maximum absolute atomic E-state index is 11.6. The first-order chi connectivity index (χ1) is 9.27. The van der Waals surface area contributed by atoms with Crippen molar-refractivity contribution in [3.8, 4) is 6.01 Å². The van der Waals surface area contributed by atoms with Gasteiger partial charge in [-0.15, -0.1) is 0 Å². The van der Waals surface area contributed by atoms with Crippen molar-refractivity contribution in [3.05, 3.63) is 0 Å². The van der Waals surface area contributed by atoms with Gasteiger partial charge in [-0.25, -0.2) is 8.42 Å². The van der Waals surface area contributed by atoms with Crippen LogP contribution in [0.4, 0.5) is 11.9 Å². The van der Waals surface area contributed by atoms with E-state index >= 15 is 0 Å². The van der Waals surface area contributed by atoms with Crippen LogP contribution in [0.15, 0.2) is 0 Å². The molecule has 1 aliphatic heterocycles. The summed E-state index contributed by atoms with van der Waals surface area (Å²) in [5.74, 6) is 0.587. The van der Waals surface area contributed by atoms with Crippen LogP contribution in [-0.4, -0.2) is 53.6 Å². The summed E-state index contributed by atoms with van der Waals surface area (Å²) in [5, 5.41) is 0. The fourth-order valence-corrected chi connectivity index (χ4v) is 3.61. The van der Waals surface area contributed by atoms with Gasteiger partial charge in [-0.05, 0) is 20.8 Å². The molecule has 9 heteroatoms. The molecule has 0 spiro atoms. The Morgan fingerprint density at radius 2 is 2.05 bits per heavy atom. The Kier molecular flexibility index (Phi) is 3.98. The maximum Gasteiger partial charge on any atom is 0.323 e. The molecule has 20 heavy (non-hydrogen) atoms. The number of hydrogen-bond donors (Lipinski definition) is 1. The molecule has 2 heterocycles. The van der Waals surface area contributed by atoms with Crippen molar-refractivity contribution in [3.63, 3.8) is 0 Å². The smallest absolute Gasteiger partial charge is 0.323 e. The van der Waals surface area contributed by atoms with Crippen LogP contribution >= 0.6 is 0 Å². The topological polar surface area (TPSA) is 111 Å². The lowest BCUT2D eigenvalue weighted by Crippen LogP contribution is -2.47. The monoisotopic (exact) mass is 301 g/mol. The molecule has 0 bridgehead atoms. The van der Waals surface area contributed by atoms with Crippen molar-refractivity contribution in [1.29, 1.82) is 0 Å². The number of nitrogen functional groups attached to an aromatic ring is 1. The lowest BCUT2D eigenvalue weighted by molar-refractivity contribution is 0.222. The highest BCUT2D eigenvalue weighted by molar-refractivity contribution is 7.91. The van der Waals surface area contributed by atoms with Gasteiger partial charge < -0.3 is 15.4 Å². The van der Waals surface area contributed by atoms with Crippen molar-refractivity contribution in [2.75, 3.05) is 28.7 Å². The molecule has 112 valence electrons. The largest absolute Gasteiger partial charge is 0.461 e. The third-order valence-electron chi connectivity index (χ3n) is 2.89. The molecule has 1 fully saturated rings. The predicted molar refractivity (Wildman–Crippen MR) is 75.5 cm³/mol. The second-order valence-electron chi connectivity index (χ2n) is 5.10. The van der Waals surface area contributed by atoms with E-state index in [1.165, 1.54) is 0 Å². The van der Waals surface area contributed by atoms with E-state index in [9.17, 15) is 8.42 Å². The zero-order valence-electron chi connectivity index (χ0n) is 11.8. The molecule has 0 radical (unpaired) electrons. The van der Waals surface area contributed by atoms with Crippen LogP contribution in [0.3, 0.4) is 0 Å². The lowest BCUT2D eigenvalue weighted by atomic mass is 10.3. The van der Waals surface area contributed by atoms with Gasteiger partial charge in [0.1, 0.15) is 0 Å². The van der Waals surface area contributed by atoms with Crippen LogP contribution in [0.2, 0.25) is 0 Å². The highest BCUT2D eigenvalue weighted by atomic mass is 32.2. The Hall–Kier alpha value is -1.64. The first-order valence-corrected chi connectivity index (χ1v) is 8.24. The molecule has 2 rings (SSSR count). The Morgan fingerprint density at radius 3 is 2.65 bits per heavy atom. The van der Waals surface area contributed by atoms with Crippen molar-refractivity contribution in [2.24, 2.45) is 0 Å². The number of nitrogens with two attached hydrogens (primary N) is 1.